The number of anilines is 1. The van der Waals surface area contributed by atoms with Crippen molar-refractivity contribution in [3.8, 4) is 0 Å². The molecule has 0 spiro atoms. The molecular formula is C28H28N4. The molecule has 5 aromatic rings. The standard InChI is InChI=1S/C28H28N4/c1-21(2)17-32-20-29-26-27(32)24-15-9-10-16-25(24)30-28(26)31(18-22-11-5-3-6-12-22)19-23-13-7-4-8-14-23/h3-16,20-21H,17-19H2,1-2H3. The molecule has 0 aliphatic heterocycles. The number of aromatic nitrogens is 3. The molecular weight excluding hydrogens is 392 g/mol. The van der Waals surface area contributed by atoms with Crippen LogP contribution in [0.15, 0.2) is 91.3 Å². The largest absolute Gasteiger partial charge is 0.346 e. The topological polar surface area (TPSA) is 34.0 Å². The van der Waals surface area contributed by atoms with E-state index in [1.165, 1.54) is 16.6 Å². The minimum atomic E-state index is 0.535. The highest BCUT2D eigenvalue weighted by atomic mass is 15.2. The van der Waals surface area contributed by atoms with Gasteiger partial charge < -0.3 is 9.47 Å². The predicted molar refractivity (Wildman–Crippen MR) is 133 cm³/mol. The van der Waals surface area contributed by atoms with E-state index in [-0.39, 0.29) is 0 Å². The van der Waals surface area contributed by atoms with Crippen molar-refractivity contribution in [2.24, 2.45) is 5.92 Å². The molecule has 0 atom stereocenters. The second-order valence-electron chi connectivity index (χ2n) is 8.77. The van der Waals surface area contributed by atoms with Crippen LogP contribution in [0.5, 0.6) is 0 Å². The fraction of sp³-hybridized carbons (Fsp3) is 0.214. The number of benzene rings is 3. The SMILES string of the molecule is CC(C)Cn1cnc2c(N(Cc3ccccc3)Cc3ccccc3)nc3ccccc3c21. The summed E-state index contributed by atoms with van der Waals surface area (Å²) >= 11 is 0. The highest BCUT2D eigenvalue weighted by molar-refractivity contribution is 6.06. The van der Waals surface area contributed by atoms with E-state index >= 15 is 0 Å². The zero-order valence-electron chi connectivity index (χ0n) is 18.6. The Bertz CT molecular complexity index is 1280. The molecule has 32 heavy (non-hydrogen) atoms. The van der Waals surface area contributed by atoms with Crippen LogP contribution in [-0.2, 0) is 19.6 Å². The highest BCUT2D eigenvalue weighted by Crippen LogP contribution is 2.32. The number of rotatable bonds is 7. The molecule has 160 valence electrons. The molecule has 0 N–H and O–H groups in total. The summed E-state index contributed by atoms with van der Waals surface area (Å²) in [6.07, 6.45) is 1.98. The number of imidazole rings is 1. The lowest BCUT2D eigenvalue weighted by atomic mass is 10.1. The lowest BCUT2D eigenvalue weighted by Gasteiger charge is -2.25. The fourth-order valence-electron chi connectivity index (χ4n) is 4.33. The molecule has 0 radical (unpaired) electrons. The first-order valence-corrected chi connectivity index (χ1v) is 11.3. The average molecular weight is 421 g/mol. The molecule has 0 amide bonds. The number of fused-ring (bicyclic) bond motifs is 3. The molecule has 0 aliphatic carbocycles. The van der Waals surface area contributed by atoms with E-state index in [4.69, 9.17) is 9.97 Å². The first-order chi connectivity index (χ1) is 15.7. The van der Waals surface area contributed by atoms with E-state index in [1.807, 2.05) is 6.33 Å². The molecule has 5 rings (SSSR count). The first-order valence-electron chi connectivity index (χ1n) is 11.3. The Morgan fingerprint density at radius 3 is 2.00 bits per heavy atom. The molecule has 2 heterocycles. The Kier molecular flexibility index (Phi) is 5.59. The molecule has 2 aromatic heterocycles. The molecule has 0 fully saturated rings. The van der Waals surface area contributed by atoms with Crippen LogP contribution in [0.25, 0.3) is 21.9 Å². The van der Waals surface area contributed by atoms with Crippen molar-refractivity contribution in [1.82, 2.24) is 14.5 Å². The van der Waals surface area contributed by atoms with Crippen LogP contribution < -0.4 is 4.90 Å². The van der Waals surface area contributed by atoms with Crippen LogP contribution >= 0.6 is 0 Å². The maximum atomic E-state index is 5.14. The van der Waals surface area contributed by atoms with E-state index in [0.717, 1.165) is 41.9 Å². The molecule has 0 aliphatic rings. The van der Waals surface area contributed by atoms with Gasteiger partial charge in [-0.05, 0) is 23.1 Å². The molecule has 4 nitrogen and oxygen atoms in total. The van der Waals surface area contributed by atoms with Crippen molar-refractivity contribution in [1.29, 1.82) is 0 Å². The van der Waals surface area contributed by atoms with Crippen LogP contribution in [0.4, 0.5) is 5.82 Å². The van der Waals surface area contributed by atoms with Gasteiger partial charge in [0.1, 0.15) is 5.52 Å². The third kappa shape index (κ3) is 4.09. The number of hydrogen-bond acceptors (Lipinski definition) is 3. The van der Waals surface area contributed by atoms with Gasteiger partial charge in [0.15, 0.2) is 5.82 Å². The zero-order chi connectivity index (χ0) is 21.9. The van der Waals surface area contributed by atoms with Gasteiger partial charge in [0.05, 0.1) is 17.4 Å². The van der Waals surface area contributed by atoms with Gasteiger partial charge in [-0.15, -0.1) is 0 Å². The summed E-state index contributed by atoms with van der Waals surface area (Å²) in [7, 11) is 0. The van der Waals surface area contributed by atoms with Crippen LogP contribution in [0.2, 0.25) is 0 Å². The van der Waals surface area contributed by atoms with E-state index in [2.05, 4.69) is 108 Å². The molecule has 4 heteroatoms. The lowest BCUT2D eigenvalue weighted by Crippen LogP contribution is -2.23. The second-order valence-corrected chi connectivity index (χ2v) is 8.77. The van der Waals surface area contributed by atoms with Gasteiger partial charge in [-0.2, -0.15) is 0 Å². The average Bonchev–Trinajstić information content (AvgIpc) is 3.23. The van der Waals surface area contributed by atoms with Gasteiger partial charge >= 0.3 is 0 Å². The Balaban J connectivity index is 1.69. The monoisotopic (exact) mass is 420 g/mol. The maximum absolute atomic E-state index is 5.14. The van der Waals surface area contributed by atoms with Crippen molar-refractivity contribution >= 4 is 27.8 Å². The molecule has 0 bridgehead atoms. The summed E-state index contributed by atoms with van der Waals surface area (Å²) in [5, 5.41) is 1.16. The normalized spacial score (nSPS) is 11.5. The van der Waals surface area contributed by atoms with Gasteiger partial charge in [-0.25, -0.2) is 9.97 Å². The minimum absolute atomic E-state index is 0.535. The van der Waals surface area contributed by atoms with Crippen LogP contribution in [0.3, 0.4) is 0 Å². The van der Waals surface area contributed by atoms with Gasteiger partial charge in [-0.1, -0.05) is 92.7 Å². The van der Waals surface area contributed by atoms with Crippen LogP contribution in [-0.4, -0.2) is 14.5 Å². The summed E-state index contributed by atoms with van der Waals surface area (Å²) in [5.41, 5.74) is 5.66. The van der Waals surface area contributed by atoms with Gasteiger partial charge in [-0.3, -0.25) is 0 Å². The van der Waals surface area contributed by atoms with E-state index in [1.54, 1.807) is 0 Å². The third-order valence-electron chi connectivity index (χ3n) is 5.73. The number of pyridine rings is 1. The molecule has 3 aromatic carbocycles. The Morgan fingerprint density at radius 2 is 1.38 bits per heavy atom. The van der Waals surface area contributed by atoms with Crippen LogP contribution in [0, 0.1) is 5.92 Å². The van der Waals surface area contributed by atoms with Gasteiger partial charge in [0, 0.05) is 25.0 Å². The fourth-order valence-corrected chi connectivity index (χ4v) is 4.33. The molecule has 0 unspecified atom stereocenters. The Hall–Kier alpha value is -3.66. The quantitative estimate of drug-likeness (QED) is 0.303. The van der Waals surface area contributed by atoms with Crippen LogP contribution in [0.1, 0.15) is 25.0 Å². The van der Waals surface area contributed by atoms with Crippen molar-refractivity contribution in [2.75, 3.05) is 4.90 Å². The summed E-state index contributed by atoms with van der Waals surface area (Å²) in [4.78, 5) is 12.4. The molecule has 0 saturated carbocycles. The van der Waals surface area contributed by atoms with Crippen molar-refractivity contribution in [2.45, 2.75) is 33.5 Å². The third-order valence-corrected chi connectivity index (χ3v) is 5.73. The maximum Gasteiger partial charge on any atom is 0.158 e. The van der Waals surface area contributed by atoms with Gasteiger partial charge in [0.2, 0.25) is 0 Å². The summed E-state index contributed by atoms with van der Waals surface area (Å²) in [5.74, 6) is 1.47. The number of nitrogens with zero attached hydrogens (tertiary/aromatic N) is 4. The van der Waals surface area contributed by atoms with E-state index < -0.39 is 0 Å². The number of hydrogen-bond donors (Lipinski definition) is 0. The van der Waals surface area contributed by atoms with Crippen molar-refractivity contribution in [3.05, 3.63) is 102 Å². The summed E-state index contributed by atoms with van der Waals surface area (Å²) in [6, 6.07) is 29.6. The van der Waals surface area contributed by atoms with Crippen molar-refractivity contribution < 1.29 is 0 Å². The lowest BCUT2D eigenvalue weighted by molar-refractivity contribution is 0.533. The first kappa shape index (κ1) is 20.3. The molecule has 0 saturated heterocycles. The van der Waals surface area contributed by atoms with E-state index in [9.17, 15) is 0 Å². The summed E-state index contributed by atoms with van der Waals surface area (Å²) in [6.45, 7) is 6.96. The van der Waals surface area contributed by atoms with Gasteiger partial charge in [0.25, 0.3) is 0 Å². The number of para-hydroxylation sites is 1. The Morgan fingerprint density at radius 1 is 0.781 bits per heavy atom. The zero-order valence-corrected chi connectivity index (χ0v) is 18.6. The second kappa shape index (κ2) is 8.83. The smallest absolute Gasteiger partial charge is 0.158 e. The Labute approximate surface area is 189 Å². The van der Waals surface area contributed by atoms with Crippen molar-refractivity contribution in [3.63, 3.8) is 0 Å². The highest BCUT2D eigenvalue weighted by Gasteiger charge is 2.20. The minimum Gasteiger partial charge on any atom is -0.346 e. The van der Waals surface area contributed by atoms with E-state index in [0.29, 0.717) is 5.92 Å². The summed E-state index contributed by atoms with van der Waals surface area (Å²) < 4.78 is 2.29. The predicted octanol–water partition coefficient (Wildman–Crippen LogP) is 6.45.